The van der Waals surface area contributed by atoms with Crippen molar-refractivity contribution in [3.8, 4) is 0 Å². The molecule has 6 nitrogen and oxygen atoms in total. The number of amides is 1. The minimum Gasteiger partial charge on any atom is -0.322 e. The number of fused-ring (bicyclic) bond motifs is 1. The molecule has 0 aliphatic carbocycles. The van der Waals surface area contributed by atoms with Crippen molar-refractivity contribution < 1.29 is 9.59 Å². The summed E-state index contributed by atoms with van der Waals surface area (Å²) < 4.78 is 1.89. The summed E-state index contributed by atoms with van der Waals surface area (Å²) in [6, 6.07) is 42.2. The van der Waals surface area contributed by atoms with Gasteiger partial charge in [0.05, 0.1) is 18.0 Å². The summed E-state index contributed by atoms with van der Waals surface area (Å²) >= 11 is 0. The number of carbonyl (C=O) groups is 2. The van der Waals surface area contributed by atoms with E-state index in [-0.39, 0.29) is 36.0 Å². The molecule has 7 rings (SSSR count). The van der Waals surface area contributed by atoms with Gasteiger partial charge in [-0.25, -0.2) is 9.67 Å². The summed E-state index contributed by atoms with van der Waals surface area (Å²) in [7, 11) is 0. The Hall–Kier alpha value is -5.88. The Morgan fingerprint density at radius 1 is 0.740 bits per heavy atom. The van der Waals surface area contributed by atoms with E-state index in [0.717, 1.165) is 50.3 Å². The molecule has 2 heterocycles. The number of ketones is 1. The van der Waals surface area contributed by atoms with Crippen LogP contribution in [0.4, 0.5) is 11.5 Å². The highest BCUT2D eigenvalue weighted by molar-refractivity contribution is 6.11. The first-order chi connectivity index (χ1) is 24.3. The molecule has 6 aromatic rings. The maximum atomic E-state index is 14.2. The quantitative estimate of drug-likeness (QED) is 0.157. The largest absolute Gasteiger partial charge is 0.322 e. The second-order valence-electron chi connectivity index (χ2n) is 13.4. The molecule has 0 radical (unpaired) electrons. The van der Waals surface area contributed by atoms with E-state index in [1.165, 1.54) is 0 Å². The predicted octanol–water partition coefficient (Wildman–Crippen LogP) is 9.77. The fraction of sp³-hybridized carbons (Fsp3) is 0.182. The predicted molar refractivity (Wildman–Crippen MR) is 201 cm³/mol. The van der Waals surface area contributed by atoms with E-state index < -0.39 is 0 Å². The number of carbonyl (C=O) groups excluding carboxylic acids is 2. The summed E-state index contributed by atoms with van der Waals surface area (Å²) in [4.78, 5) is 33.5. The van der Waals surface area contributed by atoms with Gasteiger partial charge in [0, 0.05) is 29.5 Å². The van der Waals surface area contributed by atoms with Crippen molar-refractivity contribution in [3.05, 3.63) is 184 Å². The van der Waals surface area contributed by atoms with Gasteiger partial charge in [-0.2, -0.15) is 5.10 Å². The first kappa shape index (κ1) is 32.7. The Morgan fingerprint density at radius 2 is 1.36 bits per heavy atom. The molecule has 1 aliphatic heterocycles. The van der Waals surface area contributed by atoms with Crippen LogP contribution in [0.1, 0.15) is 78.0 Å². The molecule has 1 amide bonds. The molecule has 5 aromatic carbocycles. The zero-order chi connectivity index (χ0) is 34.8. The van der Waals surface area contributed by atoms with Gasteiger partial charge >= 0.3 is 0 Å². The maximum absolute atomic E-state index is 14.2. The molecule has 0 unspecified atom stereocenters. The Labute approximate surface area is 293 Å². The molecule has 0 saturated carbocycles. The Bertz CT molecular complexity index is 2180. The Balaban J connectivity index is 1.42. The van der Waals surface area contributed by atoms with Crippen LogP contribution < -0.4 is 5.32 Å². The molecular formula is C44H40N4O2. The van der Waals surface area contributed by atoms with Crippen molar-refractivity contribution in [2.24, 2.45) is 10.9 Å². The van der Waals surface area contributed by atoms with Crippen molar-refractivity contribution in [1.29, 1.82) is 0 Å². The molecule has 1 aliphatic rings. The molecule has 6 heteroatoms. The van der Waals surface area contributed by atoms with Gasteiger partial charge in [0.25, 0.3) is 5.91 Å². The number of benzene rings is 5. The highest BCUT2D eigenvalue weighted by Crippen LogP contribution is 2.47. The normalized spacial score (nSPS) is 15.9. The first-order valence-electron chi connectivity index (χ1n) is 17.1. The SMILES string of the molecule is Cc1ccc(C(=O)C[C@H](c2ccccc2)[C@@H]2C(c3ccc(C)cc3)=Nc3c(C(=O)Nc4ccc(C)cc4C)cnn3[C@@H]2c2ccccc2)cc1. The number of aryl methyl sites for hydroxylation is 4. The molecule has 50 heavy (non-hydrogen) atoms. The molecule has 1 aromatic heterocycles. The summed E-state index contributed by atoms with van der Waals surface area (Å²) in [5, 5.41) is 8.00. The zero-order valence-electron chi connectivity index (χ0n) is 28.8. The number of hydrogen-bond acceptors (Lipinski definition) is 4. The number of nitrogens with zero attached hydrogens (tertiary/aromatic N) is 3. The summed E-state index contributed by atoms with van der Waals surface area (Å²) in [5.41, 5.74) is 9.99. The van der Waals surface area contributed by atoms with E-state index in [0.29, 0.717) is 16.9 Å². The van der Waals surface area contributed by atoms with Crippen molar-refractivity contribution in [2.45, 2.75) is 46.1 Å². The van der Waals surface area contributed by atoms with Crippen LogP contribution in [0.15, 0.2) is 139 Å². The minimum absolute atomic E-state index is 0.0636. The molecule has 0 fully saturated rings. The second-order valence-corrected chi connectivity index (χ2v) is 13.4. The Kier molecular flexibility index (Phi) is 9.09. The third kappa shape index (κ3) is 6.57. The number of aliphatic imine (C=N–C) groups is 1. The van der Waals surface area contributed by atoms with E-state index in [1.807, 2.05) is 104 Å². The van der Waals surface area contributed by atoms with E-state index >= 15 is 0 Å². The van der Waals surface area contributed by atoms with Crippen LogP contribution in [-0.4, -0.2) is 27.2 Å². The van der Waals surface area contributed by atoms with E-state index in [1.54, 1.807) is 6.20 Å². The first-order valence-corrected chi connectivity index (χ1v) is 17.1. The molecular weight excluding hydrogens is 617 g/mol. The van der Waals surface area contributed by atoms with Gasteiger partial charge < -0.3 is 5.32 Å². The molecule has 3 atom stereocenters. The lowest BCUT2D eigenvalue weighted by Crippen LogP contribution is -2.37. The highest BCUT2D eigenvalue weighted by Gasteiger charge is 2.43. The van der Waals surface area contributed by atoms with Gasteiger partial charge in [0.1, 0.15) is 5.56 Å². The summed E-state index contributed by atoms with van der Waals surface area (Å²) in [6.07, 6.45) is 1.89. The molecule has 0 bridgehead atoms. The smallest absolute Gasteiger partial charge is 0.261 e. The van der Waals surface area contributed by atoms with Gasteiger partial charge in [-0.1, -0.05) is 138 Å². The third-order valence-corrected chi connectivity index (χ3v) is 9.72. The number of rotatable bonds is 9. The van der Waals surface area contributed by atoms with Crippen LogP contribution in [0.5, 0.6) is 0 Å². The van der Waals surface area contributed by atoms with Gasteiger partial charge in [0.15, 0.2) is 11.6 Å². The summed E-state index contributed by atoms with van der Waals surface area (Å²) in [6.45, 7) is 8.11. The van der Waals surface area contributed by atoms with Crippen molar-refractivity contribution >= 4 is 28.9 Å². The number of anilines is 1. The lowest BCUT2D eigenvalue weighted by atomic mass is 9.71. The van der Waals surface area contributed by atoms with Crippen LogP contribution in [0.25, 0.3) is 0 Å². The molecule has 1 N–H and O–H groups in total. The van der Waals surface area contributed by atoms with Crippen LogP contribution in [0, 0.1) is 33.6 Å². The van der Waals surface area contributed by atoms with Crippen molar-refractivity contribution in [1.82, 2.24) is 9.78 Å². The average molecular weight is 657 g/mol. The van der Waals surface area contributed by atoms with Crippen LogP contribution in [0.3, 0.4) is 0 Å². The topological polar surface area (TPSA) is 76.3 Å². The van der Waals surface area contributed by atoms with Crippen LogP contribution >= 0.6 is 0 Å². The zero-order valence-corrected chi connectivity index (χ0v) is 28.8. The third-order valence-electron chi connectivity index (χ3n) is 9.72. The van der Waals surface area contributed by atoms with E-state index in [9.17, 15) is 9.59 Å². The molecule has 0 spiro atoms. The van der Waals surface area contributed by atoms with Crippen LogP contribution in [-0.2, 0) is 0 Å². The molecule has 0 saturated heterocycles. The molecule has 248 valence electrons. The number of hydrogen-bond donors (Lipinski definition) is 1. The fourth-order valence-corrected chi connectivity index (χ4v) is 7.06. The number of aromatic nitrogens is 2. The maximum Gasteiger partial charge on any atom is 0.261 e. The number of nitrogens with one attached hydrogen (secondary N) is 1. The number of Topliss-reactive ketones (excluding diaryl/α,β-unsaturated/α-hetero) is 1. The lowest BCUT2D eigenvalue weighted by Gasteiger charge is -2.38. The van der Waals surface area contributed by atoms with Gasteiger partial charge in [0.2, 0.25) is 0 Å². The average Bonchev–Trinajstić information content (AvgIpc) is 3.56. The monoisotopic (exact) mass is 656 g/mol. The van der Waals surface area contributed by atoms with E-state index in [4.69, 9.17) is 10.1 Å². The van der Waals surface area contributed by atoms with Gasteiger partial charge in [-0.15, -0.1) is 0 Å². The fourth-order valence-electron chi connectivity index (χ4n) is 7.06. The second kappa shape index (κ2) is 13.9. The lowest BCUT2D eigenvalue weighted by molar-refractivity contribution is 0.0964. The van der Waals surface area contributed by atoms with Gasteiger partial charge in [-0.3, -0.25) is 9.59 Å². The minimum atomic E-state index is -0.362. The highest BCUT2D eigenvalue weighted by atomic mass is 16.1. The van der Waals surface area contributed by atoms with E-state index in [2.05, 4.69) is 60.8 Å². The summed E-state index contributed by atoms with van der Waals surface area (Å²) in [5.74, 6) is -0.289. The van der Waals surface area contributed by atoms with Crippen molar-refractivity contribution in [2.75, 3.05) is 5.32 Å². The van der Waals surface area contributed by atoms with Crippen LogP contribution in [0.2, 0.25) is 0 Å². The van der Waals surface area contributed by atoms with Gasteiger partial charge in [-0.05, 0) is 56.0 Å². The van der Waals surface area contributed by atoms with Crippen molar-refractivity contribution in [3.63, 3.8) is 0 Å². The standard InChI is InChI=1S/C44H40N4O2/c1-28-15-20-33(21-16-28)39(49)26-36(32-11-7-5-8-12-32)40-41(34-22-17-29(2)18-23-34)47-43-37(44(50)46-38-24-19-30(3)25-31(38)4)27-45-48(43)42(40)35-13-9-6-10-14-35/h5-25,27,36,40,42H,26H2,1-4H3,(H,46,50)/t36-,40-,42-/m1/s1. The Morgan fingerprint density at radius 3 is 2.02 bits per heavy atom.